The summed E-state index contributed by atoms with van der Waals surface area (Å²) in [7, 11) is 0. The maximum Gasteiger partial charge on any atom is 0.319 e. The zero-order valence-corrected chi connectivity index (χ0v) is 20.5. The molecule has 0 radical (unpaired) electrons. The van der Waals surface area contributed by atoms with E-state index in [4.69, 9.17) is 4.74 Å². The molecule has 2 aromatic carbocycles. The standard InChI is InChI=1S/C29H29N5O2/c1-19(2)32-29(35)33-21-11-9-20(10-12-21)28-26(17-30)25-14-13-24(36-18-22-6-3-4-15-31-22)16-27(25)34(28)23-7-5-8-23/h3-4,6,9-16,19,23H,5,7-8,18H2,1-2H3,(H2,32,33,35). The number of anilines is 1. The maximum absolute atomic E-state index is 12.1. The molecule has 0 aliphatic heterocycles. The number of nitriles is 1. The summed E-state index contributed by atoms with van der Waals surface area (Å²) in [6.07, 6.45) is 5.09. The summed E-state index contributed by atoms with van der Waals surface area (Å²) in [6.45, 7) is 4.22. The summed E-state index contributed by atoms with van der Waals surface area (Å²) >= 11 is 0. The Morgan fingerprint density at radius 1 is 1.17 bits per heavy atom. The second kappa shape index (κ2) is 10.1. The fraction of sp³-hybridized carbons (Fsp3) is 0.276. The molecule has 7 heteroatoms. The van der Waals surface area contributed by atoms with E-state index in [0.29, 0.717) is 23.9 Å². The normalized spacial score (nSPS) is 13.3. The number of pyridine rings is 1. The van der Waals surface area contributed by atoms with Crippen LogP contribution < -0.4 is 15.4 Å². The third kappa shape index (κ3) is 4.76. The van der Waals surface area contributed by atoms with Gasteiger partial charge in [-0.05, 0) is 75.1 Å². The van der Waals surface area contributed by atoms with Gasteiger partial charge < -0.3 is 19.9 Å². The van der Waals surface area contributed by atoms with Crippen molar-refractivity contribution in [1.29, 1.82) is 5.26 Å². The zero-order chi connectivity index (χ0) is 25.1. The van der Waals surface area contributed by atoms with Gasteiger partial charge in [0.2, 0.25) is 0 Å². The van der Waals surface area contributed by atoms with Gasteiger partial charge in [0.05, 0.1) is 22.5 Å². The highest BCUT2D eigenvalue weighted by Crippen LogP contribution is 2.43. The van der Waals surface area contributed by atoms with Gasteiger partial charge in [0, 0.05) is 35.4 Å². The number of nitrogens with zero attached hydrogens (tertiary/aromatic N) is 3. The number of urea groups is 1. The Bertz CT molecular complexity index is 1410. The highest BCUT2D eigenvalue weighted by atomic mass is 16.5. The van der Waals surface area contributed by atoms with E-state index in [1.54, 1.807) is 6.20 Å². The minimum Gasteiger partial charge on any atom is -0.487 e. The van der Waals surface area contributed by atoms with Crippen LogP contribution in [0.3, 0.4) is 0 Å². The molecule has 1 aliphatic carbocycles. The van der Waals surface area contributed by atoms with Crippen LogP contribution >= 0.6 is 0 Å². The lowest BCUT2D eigenvalue weighted by Crippen LogP contribution is -2.34. The van der Waals surface area contributed by atoms with Gasteiger partial charge in [-0.3, -0.25) is 4.98 Å². The minimum atomic E-state index is -0.239. The smallest absolute Gasteiger partial charge is 0.319 e. The van der Waals surface area contributed by atoms with E-state index in [1.807, 2.05) is 74.5 Å². The van der Waals surface area contributed by atoms with E-state index in [9.17, 15) is 10.1 Å². The predicted octanol–water partition coefficient (Wildman–Crippen LogP) is 6.41. The Morgan fingerprint density at radius 3 is 2.61 bits per heavy atom. The summed E-state index contributed by atoms with van der Waals surface area (Å²) in [5.41, 5.74) is 5.08. The van der Waals surface area contributed by atoms with Crippen molar-refractivity contribution in [3.63, 3.8) is 0 Å². The van der Waals surface area contributed by atoms with Gasteiger partial charge in [0.25, 0.3) is 0 Å². The molecule has 7 nitrogen and oxygen atoms in total. The fourth-order valence-electron chi connectivity index (χ4n) is 4.58. The lowest BCUT2D eigenvalue weighted by atomic mass is 9.92. The lowest BCUT2D eigenvalue weighted by molar-refractivity contribution is 0.250. The lowest BCUT2D eigenvalue weighted by Gasteiger charge is -2.30. The number of benzene rings is 2. The number of hydrogen-bond donors (Lipinski definition) is 2. The van der Waals surface area contributed by atoms with E-state index >= 15 is 0 Å². The van der Waals surface area contributed by atoms with Crippen LogP contribution in [0.2, 0.25) is 0 Å². The fourth-order valence-corrected chi connectivity index (χ4v) is 4.58. The van der Waals surface area contributed by atoms with Crippen LogP contribution in [0, 0.1) is 11.3 Å². The Morgan fingerprint density at radius 2 is 1.97 bits per heavy atom. The number of carbonyl (C=O) groups excluding carboxylic acids is 1. The average Bonchev–Trinajstić information content (AvgIpc) is 3.15. The van der Waals surface area contributed by atoms with Gasteiger partial charge >= 0.3 is 6.03 Å². The number of ether oxygens (including phenoxy) is 1. The highest BCUT2D eigenvalue weighted by Gasteiger charge is 2.28. The van der Waals surface area contributed by atoms with E-state index in [1.165, 1.54) is 6.42 Å². The molecule has 0 unspecified atom stereocenters. The predicted molar refractivity (Wildman–Crippen MR) is 141 cm³/mol. The van der Waals surface area contributed by atoms with Crippen LogP contribution in [0.15, 0.2) is 66.9 Å². The summed E-state index contributed by atoms with van der Waals surface area (Å²) in [4.78, 5) is 16.4. The largest absolute Gasteiger partial charge is 0.487 e. The van der Waals surface area contributed by atoms with Crippen LogP contribution in [0.1, 0.15) is 50.4 Å². The molecule has 0 saturated heterocycles. The quantitative estimate of drug-likeness (QED) is 0.320. The number of aromatic nitrogens is 2. The third-order valence-corrected chi connectivity index (χ3v) is 6.48. The molecule has 2 heterocycles. The molecule has 0 bridgehead atoms. The third-order valence-electron chi connectivity index (χ3n) is 6.48. The van der Waals surface area contributed by atoms with Crippen LogP contribution in [-0.4, -0.2) is 21.6 Å². The van der Waals surface area contributed by atoms with Crippen molar-refractivity contribution < 1.29 is 9.53 Å². The molecular weight excluding hydrogens is 450 g/mol. The summed E-state index contributed by atoms with van der Waals surface area (Å²) in [5.74, 6) is 0.748. The van der Waals surface area contributed by atoms with E-state index < -0.39 is 0 Å². The second-order valence-corrected chi connectivity index (χ2v) is 9.41. The Balaban J connectivity index is 1.50. The number of fused-ring (bicyclic) bond motifs is 1. The first-order valence-corrected chi connectivity index (χ1v) is 12.3. The second-order valence-electron chi connectivity index (χ2n) is 9.41. The van der Waals surface area contributed by atoms with Crippen LogP contribution in [0.4, 0.5) is 10.5 Å². The van der Waals surface area contributed by atoms with Gasteiger partial charge in [0.1, 0.15) is 18.4 Å². The molecule has 0 atom stereocenters. The Labute approximate surface area is 210 Å². The molecule has 182 valence electrons. The zero-order valence-electron chi connectivity index (χ0n) is 20.5. The highest BCUT2D eigenvalue weighted by molar-refractivity contribution is 5.96. The van der Waals surface area contributed by atoms with Gasteiger partial charge in [-0.15, -0.1) is 0 Å². The number of hydrogen-bond acceptors (Lipinski definition) is 4. The van der Waals surface area contributed by atoms with Crippen molar-refractivity contribution in [2.75, 3.05) is 5.32 Å². The molecule has 2 N–H and O–H groups in total. The minimum absolute atomic E-state index is 0.0541. The van der Waals surface area contributed by atoms with Crippen LogP contribution in [0.5, 0.6) is 5.75 Å². The average molecular weight is 480 g/mol. The first-order chi connectivity index (χ1) is 17.5. The van der Waals surface area contributed by atoms with Crippen molar-refractivity contribution in [3.8, 4) is 23.1 Å². The first kappa shape index (κ1) is 23.4. The van der Waals surface area contributed by atoms with Crippen LogP contribution in [-0.2, 0) is 6.61 Å². The van der Waals surface area contributed by atoms with E-state index in [0.717, 1.165) is 46.4 Å². The Hall–Kier alpha value is -4.31. The van der Waals surface area contributed by atoms with Crippen molar-refractivity contribution >= 4 is 22.6 Å². The number of nitrogens with one attached hydrogen (secondary N) is 2. The molecule has 4 aromatic rings. The SMILES string of the molecule is CC(C)NC(=O)Nc1ccc(-c2c(C#N)c3ccc(OCc4ccccn4)cc3n2C2CCC2)cc1. The Kier molecular flexibility index (Phi) is 6.59. The molecule has 0 spiro atoms. The molecule has 1 aliphatic rings. The van der Waals surface area contributed by atoms with Crippen LogP contribution in [0.25, 0.3) is 22.2 Å². The molecule has 2 amide bonds. The van der Waals surface area contributed by atoms with Crippen molar-refractivity contribution in [3.05, 3.63) is 78.1 Å². The number of amides is 2. The van der Waals surface area contributed by atoms with E-state index in [2.05, 4.69) is 26.3 Å². The molecule has 1 fully saturated rings. The first-order valence-electron chi connectivity index (χ1n) is 12.3. The van der Waals surface area contributed by atoms with E-state index in [-0.39, 0.29) is 12.1 Å². The molecule has 2 aromatic heterocycles. The van der Waals surface area contributed by atoms with Crippen molar-refractivity contribution in [1.82, 2.24) is 14.9 Å². The van der Waals surface area contributed by atoms with Crippen molar-refractivity contribution in [2.45, 2.75) is 51.8 Å². The van der Waals surface area contributed by atoms with Gasteiger partial charge in [-0.2, -0.15) is 5.26 Å². The molecular formula is C29H29N5O2. The number of carbonyl (C=O) groups is 1. The molecule has 5 rings (SSSR count). The number of rotatable bonds is 7. The molecule has 1 saturated carbocycles. The summed E-state index contributed by atoms with van der Waals surface area (Å²) in [5, 5.41) is 16.8. The summed E-state index contributed by atoms with van der Waals surface area (Å²) in [6, 6.07) is 22.0. The maximum atomic E-state index is 12.1. The molecule has 36 heavy (non-hydrogen) atoms. The topological polar surface area (TPSA) is 92.0 Å². The van der Waals surface area contributed by atoms with Gasteiger partial charge in [-0.1, -0.05) is 18.2 Å². The van der Waals surface area contributed by atoms with Crippen molar-refractivity contribution in [2.24, 2.45) is 0 Å². The monoisotopic (exact) mass is 479 g/mol. The van der Waals surface area contributed by atoms with Gasteiger partial charge in [-0.25, -0.2) is 4.79 Å². The summed E-state index contributed by atoms with van der Waals surface area (Å²) < 4.78 is 8.35. The van der Waals surface area contributed by atoms with Gasteiger partial charge in [0.15, 0.2) is 0 Å².